The lowest BCUT2D eigenvalue weighted by atomic mass is 9.63. The normalized spacial score (nSPS) is 34.5. The summed E-state index contributed by atoms with van der Waals surface area (Å²) in [6, 6.07) is 10.6. The molecule has 1 aromatic carbocycles. The summed E-state index contributed by atoms with van der Waals surface area (Å²) in [5.74, 6) is 0.878. The number of halogens is 1. The number of hydrogen-bond acceptors (Lipinski definition) is 5. The van der Waals surface area contributed by atoms with Gasteiger partial charge in [-0.1, -0.05) is 24.3 Å². The van der Waals surface area contributed by atoms with E-state index in [1.54, 1.807) is 6.20 Å². The summed E-state index contributed by atoms with van der Waals surface area (Å²) >= 11 is 0. The fraction of sp³-hybridized carbons (Fsp3) is 0.520. The number of nitrogen functional groups attached to an aromatic ring is 1. The maximum absolute atomic E-state index is 13.2. The molecular formula is C25H31ClN4O2. The van der Waals surface area contributed by atoms with Crippen LogP contribution < -0.4 is 16.4 Å². The van der Waals surface area contributed by atoms with Crippen molar-refractivity contribution in [3.63, 3.8) is 0 Å². The van der Waals surface area contributed by atoms with Gasteiger partial charge in [-0.05, 0) is 74.6 Å². The second kappa shape index (κ2) is 7.44. The van der Waals surface area contributed by atoms with Crippen molar-refractivity contribution in [2.75, 3.05) is 18.8 Å². The van der Waals surface area contributed by atoms with Crippen LogP contribution >= 0.6 is 12.4 Å². The van der Waals surface area contributed by atoms with E-state index in [0.717, 1.165) is 68.7 Å². The summed E-state index contributed by atoms with van der Waals surface area (Å²) in [6.45, 7) is 2.20. The number of benzene rings is 1. The van der Waals surface area contributed by atoms with Gasteiger partial charge in [-0.15, -0.1) is 12.4 Å². The Morgan fingerprint density at radius 2 is 1.78 bits per heavy atom. The summed E-state index contributed by atoms with van der Waals surface area (Å²) in [7, 11) is 0. The van der Waals surface area contributed by atoms with E-state index in [9.17, 15) is 9.90 Å². The number of carbonyl (C=O) groups is 1. The van der Waals surface area contributed by atoms with Crippen molar-refractivity contribution in [3.05, 3.63) is 47.7 Å². The zero-order chi connectivity index (χ0) is 21.3. The smallest absolute Gasteiger partial charge is 0.255 e. The van der Waals surface area contributed by atoms with Gasteiger partial charge < -0.3 is 21.5 Å². The van der Waals surface area contributed by atoms with Gasteiger partial charge in [0.1, 0.15) is 5.82 Å². The number of rotatable bonds is 4. The molecule has 7 rings (SSSR count). The molecule has 5 aliphatic rings. The molecule has 5 N–H and O–H groups in total. The van der Waals surface area contributed by atoms with Crippen LogP contribution in [0.3, 0.4) is 0 Å². The maximum Gasteiger partial charge on any atom is 0.255 e. The van der Waals surface area contributed by atoms with Gasteiger partial charge in [0, 0.05) is 29.3 Å². The molecule has 2 atom stereocenters. The van der Waals surface area contributed by atoms with Crippen LogP contribution in [0.25, 0.3) is 11.1 Å². The number of piperidine rings is 1. The van der Waals surface area contributed by atoms with Crippen molar-refractivity contribution in [2.24, 2.45) is 5.92 Å². The Morgan fingerprint density at radius 1 is 1.09 bits per heavy atom. The molecule has 170 valence electrons. The average Bonchev–Trinajstić information content (AvgIpc) is 3.35. The second-order valence-electron chi connectivity index (χ2n) is 10.4. The standard InChI is InChI=1S/C25H30N4O2.ClH/c26-21-20(22(30)29-23-5-8-24(31,9-6-23)10-7-23)11-17(13-28-21)16-1-3-18(4-2-16)25-12-19(25)14-27-15-25;/h1-4,11,13,19,27,31H,5-10,12,14-15H2,(H2,26,28)(H,29,30);1H/t19-,23?,24?,25+;/m0./s1. The second-order valence-corrected chi connectivity index (χ2v) is 10.4. The quantitative estimate of drug-likeness (QED) is 0.568. The number of hydrogen-bond donors (Lipinski definition) is 4. The molecule has 0 unspecified atom stereocenters. The highest BCUT2D eigenvalue weighted by Gasteiger charge is 2.57. The number of anilines is 1. The molecule has 1 amide bonds. The van der Waals surface area contributed by atoms with Crippen LogP contribution in [0.2, 0.25) is 0 Å². The van der Waals surface area contributed by atoms with E-state index in [2.05, 4.69) is 39.9 Å². The number of pyridine rings is 1. The summed E-state index contributed by atoms with van der Waals surface area (Å²) in [6.07, 6.45) is 7.76. The Labute approximate surface area is 194 Å². The van der Waals surface area contributed by atoms with Crippen LogP contribution in [-0.2, 0) is 5.41 Å². The zero-order valence-corrected chi connectivity index (χ0v) is 19.0. The van der Waals surface area contributed by atoms with Gasteiger partial charge in [0.2, 0.25) is 0 Å². The number of aliphatic hydroxyl groups is 1. The topological polar surface area (TPSA) is 100 Å². The molecule has 0 spiro atoms. The van der Waals surface area contributed by atoms with Crippen LogP contribution in [0.15, 0.2) is 36.5 Å². The van der Waals surface area contributed by atoms with E-state index < -0.39 is 5.60 Å². The Balaban J connectivity index is 0.00000216. The maximum atomic E-state index is 13.2. The third kappa shape index (κ3) is 3.40. The molecule has 2 aromatic rings. The Bertz CT molecular complexity index is 1030. The highest BCUT2D eigenvalue weighted by Crippen LogP contribution is 2.56. The lowest BCUT2D eigenvalue weighted by Crippen LogP contribution is -2.58. The molecular weight excluding hydrogens is 424 g/mol. The monoisotopic (exact) mass is 454 g/mol. The summed E-state index contributed by atoms with van der Waals surface area (Å²) < 4.78 is 0. The van der Waals surface area contributed by atoms with Crippen molar-refractivity contribution >= 4 is 24.1 Å². The van der Waals surface area contributed by atoms with Crippen LogP contribution in [-0.4, -0.2) is 40.2 Å². The lowest BCUT2D eigenvalue weighted by Gasteiger charge is -2.51. The number of nitrogens with one attached hydrogen (secondary N) is 2. The fourth-order valence-corrected chi connectivity index (χ4v) is 6.26. The SMILES string of the molecule is Cl.Nc1ncc(-c2ccc([C@@]34CNC[C@@H]3C4)cc2)cc1C(=O)NC12CCC(O)(CC1)CC2. The molecule has 1 saturated heterocycles. The lowest BCUT2D eigenvalue weighted by molar-refractivity contribution is -0.0702. The van der Waals surface area contributed by atoms with Gasteiger partial charge in [0.15, 0.2) is 0 Å². The van der Waals surface area contributed by atoms with Crippen LogP contribution in [0.1, 0.15) is 60.9 Å². The molecule has 2 bridgehead atoms. The first-order valence-electron chi connectivity index (χ1n) is 11.5. The van der Waals surface area contributed by atoms with E-state index in [1.807, 2.05) is 6.07 Å². The predicted molar refractivity (Wildman–Crippen MR) is 127 cm³/mol. The molecule has 1 aromatic heterocycles. The highest BCUT2D eigenvalue weighted by atomic mass is 35.5. The number of nitrogens with zero attached hydrogens (tertiary/aromatic N) is 1. The van der Waals surface area contributed by atoms with E-state index in [-0.39, 0.29) is 29.7 Å². The minimum absolute atomic E-state index is 0. The van der Waals surface area contributed by atoms with Gasteiger partial charge in [0.05, 0.1) is 11.2 Å². The molecule has 6 nitrogen and oxygen atoms in total. The van der Waals surface area contributed by atoms with E-state index >= 15 is 0 Å². The molecule has 0 radical (unpaired) electrons. The van der Waals surface area contributed by atoms with Gasteiger partial charge in [-0.25, -0.2) is 4.98 Å². The minimum Gasteiger partial charge on any atom is -0.390 e. The molecule has 1 aliphatic heterocycles. The van der Waals surface area contributed by atoms with Crippen molar-refractivity contribution in [1.82, 2.24) is 15.6 Å². The first-order chi connectivity index (χ1) is 14.9. The van der Waals surface area contributed by atoms with E-state index in [0.29, 0.717) is 11.0 Å². The minimum atomic E-state index is -0.520. The number of aromatic nitrogens is 1. The number of carbonyl (C=O) groups excluding carboxylic acids is 1. The zero-order valence-electron chi connectivity index (χ0n) is 18.2. The predicted octanol–water partition coefficient (Wildman–Crippen LogP) is 3.18. The van der Waals surface area contributed by atoms with Gasteiger partial charge in [-0.2, -0.15) is 0 Å². The first kappa shape index (κ1) is 21.7. The molecule has 4 saturated carbocycles. The van der Waals surface area contributed by atoms with Crippen molar-refractivity contribution < 1.29 is 9.90 Å². The molecule has 32 heavy (non-hydrogen) atoms. The Kier molecular flexibility index (Phi) is 5.04. The fourth-order valence-electron chi connectivity index (χ4n) is 6.26. The van der Waals surface area contributed by atoms with Crippen molar-refractivity contribution in [1.29, 1.82) is 0 Å². The number of fused-ring (bicyclic) bond motifs is 4. The summed E-state index contributed by atoms with van der Waals surface area (Å²) in [5, 5.41) is 17.2. The molecule has 7 heteroatoms. The molecule has 5 fully saturated rings. The third-order valence-corrected chi connectivity index (χ3v) is 8.60. The molecule has 2 heterocycles. The van der Waals surface area contributed by atoms with Crippen molar-refractivity contribution in [2.45, 2.75) is 61.5 Å². The van der Waals surface area contributed by atoms with Gasteiger partial charge >= 0.3 is 0 Å². The highest BCUT2D eigenvalue weighted by molar-refractivity contribution is 5.99. The summed E-state index contributed by atoms with van der Waals surface area (Å²) in [4.78, 5) is 17.5. The van der Waals surface area contributed by atoms with Crippen LogP contribution in [0.4, 0.5) is 5.82 Å². The average molecular weight is 455 g/mol. The van der Waals surface area contributed by atoms with E-state index in [1.165, 1.54) is 12.0 Å². The van der Waals surface area contributed by atoms with Gasteiger partial charge in [-0.3, -0.25) is 4.79 Å². The Morgan fingerprint density at radius 3 is 2.38 bits per heavy atom. The van der Waals surface area contributed by atoms with Crippen LogP contribution in [0, 0.1) is 5.92 Å². The molecule has 4 aliphatic carbocycles. The van der Waals surface area contributed by atoms with Crippen LogP contribution in [0.5, 0.6) is 0 Å². The summed E-state index contributed by atoms with van der Waals surface area (Å²) in [5.41, 5.74) is 9.48. The number of nitrogens with two attached hydrogens (primary N) is 1. The van der Waals surface area contributed by atoms with E-state index in [4.69, 9.17) is 5.73 Å². The third-order valence-electron chi connectivity index (χ3n) is 8.60. The largest absolute Gasteiger partial charge is 0.390 e. The number of amides is 1. The van der Waals surface area contributed by atoms with Gasteiger partial charge in [0.25, 0.3) is 5.91 Å². The van der Waals surface area contributed by atoms with Crippen molar-refractivity contribution in [3.8, 4) is 11.1 Å². The first-order valence-corrected chi connectivity index (χ1v) is 11.5. The Hall–Kier alpha value is -2.15.